The molecule has 0 saturated heterocycles. The topological polar surface area (TPSA) is 46.9 Å². The van der Waals surface area contributed by atoms with E-state index in [-0.39, 0.29) is 11.9 Å². The van der Waals surface area contributed by atoms with Gasteiger partial charge in [0.05, 0.1) is 16.9 Å². The Labute approximate surface area is 124 Å². The van der Waals surface area contributed by atoms with Gasteiger partial charge in [-0.2, -0.15) is 0 Å². The van der Waals surface area contributed by atoms with E-state index >= 15 is 0 Å². The van der Waals surface area contributed by atoms with Crippen LogP contribution in [0.5, 0.6) is 0 Å². The number of benzene rings is 1. The monoisotopic (exact) mass is 293 g/mol. The Morgan fingerprint density at radius 2 is 2.20 bits per heavy atom. The number of carbonyl (C=O) groups excluding carboxylic acids is 1. The number of alkyl halides is 1. The van der Waals surface area contributed by atoms with Crippen molar-refractivity contribution in [3.05, 3.63) is 29.6 Å². The van der Waals surface area contributed by atoms with E-state index in [1.807, 2.05) is 37.5 Å². The Morgan fingerprint density at radius 3 is 2.85 bits per heavy atom. The average molecular weight is 294 g/mol. The van der Waals surface area contributed by atoms with Crippen molar-refractivity contribution in [1.29, 1.82) is 0 Å². The molecule has 1 N–H and O–H groups in total. The lowest BCUT2D eigenvalue weighted by molar-refractivity contribution is -0.121. The minimum atomic E-state index is 0.0509. The maximum Gasteiger partial charge on any atom is 0.221 e. The molecule has 4 nitrogen and oxygen atoms in total. The van der Waals surface area contributed by atoms with Gasteiger partial charge in [-0.3, -0.25) is 4.79 Å². The van der Waals surface area contributed by atoms with Gasteiger partial charge in [0.2, 0.25) is 5.91 Å². The van der Waals surface area contributed by atoms with Gasteiger partial charge in [0.25, 0.3) is 0 Å². The van der Waals surface area contributed by atoms with E-state index in [1.165, 1.54) is 5.56 Å². The number of hydrogen-bond donors (Lipinski definition) is 1. The zero-order chi connectivity index (χ0) is 14.7. The number of hydrogen-bond acceptors (Lipinski definition) is 2. The van der Waals surface area contributed by atoms with Gasteiger partial charge in [-0.15, -0.1) is 11.6 Å². The second-order valence-corrected chi connectivity index (χ2v) is 5.54. The standard InChI is InChI=1S/C15H20ClN3O/c1-10(2)17-15(20)6-7-19-13-8-11(3)4-5-12(13)18-14(19)9-16/h4-5,8,10H,6-7,9H2,1-3H3,(H,17,20). The van der Waals surface area contributed by atoms with E-state index in [0.717, 1.165) is 16.9 Å². The van der Waals surface area contributed by atoms with Gasteiger partial charge in [-0.05, 0) is 38.5 Å². The largest absolute Gasteiger partial charge is 0.354 e. The van der Waals surface area contributed by atoms with Crippen LogP contribution in [0.2, 0.25) is 0 Å². The van der Waals surface area contributed by atoms with E-state index in [1.54, 1.807) is 0 Å². The van der Waals surface area contributed by atoms with Gasteiger partial charge in [0, 0.05) is 19.0 Å². The van der Waals surface area contributed by atoms with E-state index < -0.39 is 0 Å². The molecule has 0 atom stereocenters. The van der Waals surface area contributed by atoms with Crippen LogP contribution in [0, 0.1) is 6.92 Å². The number of rotatable bonds is 5. The Hall–Kier alpha value is -1.55. The minimum Gasteiger partial charge on any atom is -0.354 e. The van der Waals surface area contributed by atoms with Crippen molar-refractivity contribution in [2.24, 2.45) is 0 Å². The first-order valence-corrected chi connectivity index (χ1v) is 7.36. The number of fused-ring (bicyclic) bond motifs is 1. The molecule has 0 aliphatic heterocycles. The van der Waals surface area contributed by atoms with E-state index in [4.69, 9.17) is 11.6 Å². The molecule has 2 aromatic rings. The number of halogens is 1. The molecule has 20 heavy (non-hydrogen) atoms. The van der Waals surface area contributed by atoms with Crippen LogP contribution in [0.1, 0.15) is 31.7 Å². The number of imidazole rings is 1. The summed E-state index contributed by atoms with van der Waals surface area (Å²) >= 11 is 5.96. The summed E-state index contributed by atoms with van der Waals surface area (Å²) in [6.07, 6.45) is 0.432. The molecule has 0 radical (unpaired) electrons. The molecular weight excluding hydrogens is 274 g/mol. The average Bonchev–Trinajstić information content (AvgIpc) is 2.72. The van der Waals surface area contributed by atoms with E-state index in [2.05, 4.69) is 16.4 Å². The van der Waals surface area contributed by atoms with Crippen LogP contribution in [-0.4, -0.2) is 21.5 Å². The number of nitrogens with zero attached hydrogens (tertiary/aromatic N) is 2. The molecule has 0 bridgehead atoms. The maximum absolute atomic E-state index is 11.8. The summed E-state index contributed by atoms with van der Waals surface area (Å²) in [5.41, 5.74) is 3.14. The third kappa shape index (κ3) is 3.31. The van der Waals surface area contributed by atoms with Crippen molar-refractivity contribution >= 4 is 28.5 Å². The molecule has 1 heterocycles. The fourth-order valence-corrected chi connectivity index (χ4v) is 2.45. The fraction of sp³-hybridized carbons (Fsp3) is 0.467. The van der Waals surface area contributed by atoms with Gasteiger partial charge in [-0.1, -0.05) is 6.07 Å². The number of nitrogens with one attached hydrogen (secondary N) is 1. The van der Waals surface area contributed by atoms with Crippen LogP contribution in [0.4, 0.5) is 0 Å². The Bertz CT molecular complexity index is 619. The highest BCUT2D eigenvalue weighted by atomic mass is 35.5. The normalized spacial score (nSPS) is 11.2. The van der Waals surface area contributed by atoms with Crippen LogP contribution in [0.15, 0.2) is 18.2 Å². The molecule has 1 amide bonds. The molecule has 1 aromatic carbocycles. The predicted molar refractivity (Wildman–Crippen MR) is 81.9 cm³/mol. The molecule has 0 unspecified atom stereocenters. The summed E-state index contributed by atoms with van der Waals surface area (Å²) in [7, 11) is 0. The van der Waals surface area contributed by atoms with Crippen LogP contribution in [0.25, 0.3) is 11.0 Å². The van der Waals surface area contributed by atoms with Crippen molar-refractivity contribution in [1.82, 2.24) is 14.9 Å². The predicted octanol–water partition coefficient (Wildman–Crippen LogP) is 3.00. The third-order valence-corrected chi connectivity index (χ3v) is 3.35. The van der Waals surface area contributed by atoms with Gasteiger partial charge < -0.3 is 9.88 Å². The lowest BCUT2D eigenvalue weighted by Gasteiger charge is -2.10. The highest BCUT2D eigenvalue weighted by Crippen LogP contribution is 2.19. The SMILES string of the molecule is Cc1ccc2nc(CCl)n(CCC(=O)NC(C)C)c2c1. The first-order chi connectivity index (χ1) is 9.51. The number of aromatic nitrogens is 2. The summed E-state index contributed by atoms with van der Waals surface area (Å²) in [4.78, 5) is 16.3. The molecule has 1 aromatic heterocycles. The molecule has 5 heteroatoms. The maximum atomic E-state index is 11.8. The molecular formula is C15H20ClN3O. The smallest absolute Gasteiger partial charge is 0.221 e. The molecule has 2 rings (SSSR count). The molecule has 0 aliphatic carbocycles. The number of amides is 1. The van der Waals surface area contributed by atoms with E-state index in [9.17, 15) is 4.79 Å². The van der Waals surface area contributed by atoms with Gasteiger partial charge in [-0.25, -0.2) is 4.98 Å². The van der Waals surface area contributed by atoms with Crippen molar-refractivity contribution in [2.75, 3.05) is 0 Å². The molecule has 0 saturated carbocycles. The summed E-state index contributed by atoms with van der Waals surface area (Å²) in [5, 5.41) is 2.90. The Kier molecular flexibility index (Phi) is 4.65. The van der Waals surface area contributed by atoms with Gasteiger partial charge in [0.15, 0.2) is 0 Å². The second-order valence-electron chi connectivity index (χ2n) is 5.28. The second kappa shape index (κ2) is 6.27. The summed E-state index contributed by atoms with van der Waals surface area (Å²) in [5.74, 6) is 1.21. The number of aryl methyl sites for hydroxylation is 2. The van der Waals surface area contributed by atoms with Crippen LogP contribution < -0.4 is 5.32 Å². The van der Waals surface area contributed by atoms with Crippen molar-refractivity contribution in [3.8, 4) is 0 Å². The summed E-state index contributed by atoms with van der Waals surface area (Å²) < 4.78 is 2.04. The summed E-state index contributed by atoms with van der Waals surface area (Å²) in [6.45, 7) is 6.55. The van der Waals surface area contributed by atoms with Crippen LogP contribution >= 0.6 is 11.6 Å². The van der Waals surface area contributed by atoms with Crippen LogP contribution in [0.3, 0.4) is 0 Å². The lowest BCUT2D eigenvalue weighted by atomic mass is 10.2. The molecule has 0 spiro atoms. The lowest BCUT2D eigenvalue weighted by Crippen LogP contribution is -2.30. The molecule has 0 fully saturated rings. The fourth-order valence-electron chi connectivity index (χ4n) is 2.24. The van der Waals surface area contributed by atoms with Crippen LogP contribution in [-0.2, 0) is 17.2 Å². The highest BCUT2D eigenvalue weighted by Gasteiger charge is 2.12. The van der Waals surface area contributed by atoms with Gasteiger partial charge in [0.1, 0.15) is 5.82 Å². The first-order valence-electron chi connectivity index (χ1n) is 6.82. The summed E-state index contributed by atoms with van der Waals surface area (Å²) in [6, 6.07) is 6.27. The number of carbonyl (C=O) groups is 1. The minimum absolute atomic E-state index is 0.0509. The zero-order valence-electron chi connectivity index (χ0n) is 12.1. The molecule has 0 aliphatic rings. The Balaban J connectivity index is 2.23. The van der Waals surface area contributed by atoms with E-state index in [0.29, 0.717) is 18.8 Å². The van der Waals surface area contributed by atoms with Gasteiger partial charge >= 0.3 is 0 Å². The quantitative estimate of drug-likeness (QED) is 0.862. The first kappa shape index (κ1) is 14.9. The zero-order valence-corrected chi connectivity index (χ0v) is 12.9. The van der Waals surface area contributed by atoms with Crippen molar-refractivity contribution < 1.29 is 4.79 Å². The Morgan fingerprint density at radius 1 is 1.45 bits per heavy atom. The highest BCUT2D eigenvalue weighted by molar-refractivity contribution is 6.16. The molecule has 108 valence electrons. The van der Waals surface area contributed by atoms with Crippen molar-refractivity contribution in [3.63, 3.8) is 0 Å². The third-order valence-electron chi connectivity index (χ3n) is 3.11. The van der Waals surface area contributed by atoms with Crippen molar-refractivity contribution in [2.45, 2.75) is 45.7 Å².